The molecule has 1 aromatic carbocycles. The van der Waals surface area contributed by atoms with Crippen LogP contribution in [0.2, 0.25) is 0 Å². The number of hydrazone groups is 1. The highest BCUT2D eigenvalue weighted by Gasteiger charge is 2.43. The highest BCUT2D eigenvalue weighted by Crippen LogP contribution is 2.32. The second-order valence-corrected chi connectivity index (χ2v) is 6.53. The van der Waals surface area contributed by atoms with Gasteiger partial charge in [0, 0.05) is 23.0 Å². The van der Waals surface area contributed by atoms with Gasteiger partial charge in [-0.3, -0.25) is 9.59 Å². The van der Waals surface area contributed by atoms with Crippen molar-refractivity contribution in [3.63, 3.8) is 0 Å². The zero-order valence-electron chi connectivity index (χ0n) is 13.9. The Bertz CT molecular complexity index is 1030. The predicted molar refractivity (Wildman–Crippen MR) is 94.4 cm³/mol. The highest BCUT2D eigenvalue weighted by molar-refractivity contribution is 5.97. The average Bonchev–Trinajstić information content (AvgIpc) is 3.29. The van der Waals surface area contributed by atoms with E-state index in [9.17, 15) is 9.59 Å². The van der Waals surface area contributed by atoms with Gasteiger partial charge in [0.15, 0.2) is 0 Å². The summed E-state index contributed by atoms with van der Waals surface area (Å²) in [5, 5.41) is 6.52. The first-order valence-corrected chi connectivity index (χ1v) is 8.47. The molecule has 4 heterocycles. The Hall–Kier alpha value is -3.35. The van der Waals surface area contributed by atoms with Gasteiger partial charge >= 0.3 is 0 Å². The summed E-state index contributed by atoms with van der Waals surface area (Å²) in [4.78, 5) is 30.5. The molecule has 0 spiro atoms. The number of fused-ring (bicyclic) bond motifs is 4. The minimum absolute atomic E-state index is 0.0535. The van der Waals surface area contributed by atoms with E-state index < -0.39 is 6.04 Å². The van der Waals surface area contributed by atoms with E-state index in [2.05, 4.69) is 10.1 Å². The fourth-order valence-corrected chi connectivity index (χ4v) is 3.75. The van der Waals surface area contributed by atoms with Crippen molar-refractivity contribution in [2.45, 2.75) is 19.0 Å². The molecule has 0 aliphatic carbocycles. The topological polar surface area (TPSA) is 81.9 Å². The van der Waals surface area contributed by atoms with Gasteiger partial charge < -0.3 is 14.3 Å². The number of benzene rings is 1. The molecule has 130 valence electrons. The predicted octanol–water partition coefficient (Wildman–Crippen LogP) is 1.89. The Morgan fingerprint density at radius 1 is 1.15 bits per heavy atom. The van der Waals surface area contributed by atoms with Crippen LogP contribution < -0.4 is 0 Å². The smallest absolute Gasteiger partial charge is 0.266 e. The highest BCUT2D eigenvalue weighted by atomic mass is 16.3. The Labute approximate surface area is 148 Å². The third-order valence-corrected chi connectivity index (χ3v) is 5.02. The van der Waals surface area contributed by atoms with E-state index in [1.54, 1.807) is 17.0 Å². The molecule has 1 N–H and O–H groups in total. The number of aromatic amines is 1. The van der Waals surface area contributed by atoms with E-state index >= 15 is 0 Å². The molecular weight excluding hydrogens is 332 g/mol. The number of nitrogens with one attached hydrogen (secondary N) is 1. The summed E-state index contributed by atoms with van der Waals surface area (Å²) in [6.45, 7) is 0.372. The quantitative estimate of drug-likeness (QED) is 0.718. The third kappa shape index (κ3) is 2.24. The number of nitrogens with zero attached hydrogens (tertiary/aromatic N) is 3. The van der Waals surface area contributed by atoms with Gasteiger partial charge in [-0.1, -0.05) is 18.2 Å². The molecule has 2 amide bonds. The molecule has 2 aliphatic heterocycles. The number of para-hydroxylation sites is 1. The molecule has 7 heteroatoms. The molecule has 1 atom stereocenters. The van der Waals surface area contributed by atoms with Gasteiger partial charge in [0.25, 0.3) is 5.91 Å². The van der Waals surface area contributed by atoms with Crippen LogP contribution in [0, 0.1) is 0 Å². The van der Waals surface area contributed by atoms with Gasteiger partial charge in [0.2, 0.25) is 5.91 Å². The molecule has 0 bridgehead atoms. The summed E-state index contributed by atoms with van der Waals surface area (Å²) in [5.74, 6) is 0.272. The Morgan fingerprint density at radius 2 is 2.04 bits per heavy atom. The molecule has 5 rings (SSSR count). The van der Waals surface area contributed by atoms with Gasteiger partial charge in [-0.15, -0.1) is 0 Å². The van der Waals surface area contributed by atoms with Crippen LogP contribution >= 0.6 is 0 Å². The number of amides is 2. The maximum Gasteiger partial charge on any atom is 0.266 e. The van der Waals surface area contributed by atoms with Crippen molar-refractivity contribution in [3.05, 3.63) is 59.7 Å². The van der Waals surface area contributed by atoms with E-state index in [4.69, 9.17) is 4.42 Å². The lowest BCUT2D eigenvalue weighted by Gasteiger charge is -2.40. The number of carbonyl (C=O) groups is 2. The fourth-order valence-electron chi connectivity index (χ4n) is 3.75. The number of rotatable bonds is 2. The lowest BCUT2D eigenvalue weighted by atomic mass is 9.94. The molecule has 2 aliphatic rings. The summed E-state index contributed by atoms with van der Waals surface area (Å²) >= 11 is 0. The molecule has 7 nitrogen and oxygen atoms in total. The van der Waals surface area contributed by atoms with Gasteiger partial charge in [-0.05, 0) is 23.8 Å². The first-order chi connectivity index (χ1) is 12.7. The fraction of sp³-hybridized carbons (Fsp3) is 0.211. The van der Waals surface area contributed by atoms with Crippen LogP contribution in [0.4, 0.5) is 0 Å². The number of aromatic nitrogens is 1. The average molecular weight is 348 g/mol. The van der Waals surface area contributed by atoms with Crippen molar-refractivity contribution in [2.24, 2.45) is 5.10 Å². The number of carbonyl (C=O) groups excluding carboxylic acids is 2. The molecular formula is C19H16N4O3. The molecule has 1 fully saturated rings. The van der Waals surface area contributed by atoms with Crippen molar-refractivity contribution >= 4 is 28.9 Å². The molecule has 26 heavy (non-hydrogen) atoms. The SMILES string of the molecule is O=C1[C@@H]2Cc3c([nH]c4ccccc34)CN2C(=O)CN1N=Cc1ccco1. The molecule has 2 aromatic heterocycles. The van der Waals surface area contributed by atoms with Crippen LogP contribution in [0.15, 0.2) is 52.2 Å². The van der Waals surface area contributed by atoms with Crippen molar-refractivity contribution in [2.75, 3.05) is 6.54 Å². The summed E-state index contributed by atoms with van der Waals surface area (Å²) < 4.78 is 5.19. The molecule has 0 unspecified atom stereocenters. The molecule has 1 saturated heterocycles. The Morgan fingerprint density at radius 3 is 2.88 bits per heavy atom. The molecule has 3 aromatic rings. The molecule has 0 radical (unpaired) electrons. The Kier molecular flexibility index (Phi) is 3.21. The van der Waals surface area contributed by atoms with E-state index in [1.807, 2.05) is 24.3 Å². The summed E-state index contributed by atoms with van der Waals surface area (Å²) in [6, 6.07) is 11.0. The van der Waals surface area contributed by atoms with Crippen molar-refractivity contribution in [1.29, 1.82) is 0 Å². The summed E-state index contributed by atoms with van der Waals surface area (Å²) in [6.07, 6.45) is 3.49. The van der Waals surface area contributed by atoms with Crippen LogP contribution in [-0.2, 0) is 22.6 Å². The monoisotopic (exact) mass is 348 g/mol. The minimum atomic E-state index is -0.517. The minimum Gasteiger partial charge on any atom is -0.463 e. The van der Waals surface area contributed by atoms with Crippen molar-refractivity contribution in [1.82, 2.24) is 14.9 Å². The van der Waals surface area contributed by atoms with Gasteiger partial charge in [-0.25, -0.2) is 5.01 Å². The maximum atomic E-state index is 12.9. The van der Waals surface area contributed by atoms with Crippen LogP contribution in [0.5, 0.6) is 0 Å². The van der Waals surface area contributed by atoms with Gasteiger partial charge in [-0.2, -0.15) is 5.10 Å². The summed E-state index contributed by atoms with van der Waals surface area (Å²) in [7, 11) is 0. The third-order valence-electron chi connectivity index (χ3n) is 5.02. The van der Waals surface area contributed by atoms with Crippen LogP contribution in [0.1, 0.15) is 17.0 Å². The van der Waals surface area contributed by atoms with Crippen molar-refractivity contribution in [3.8, 4) is 0 Å². The number of hydrogen-bond acceptors (Lipinski definition) is 4. The second-order valence-electron chi connectivity index (χ2n) is 6.53. The van der Waals surface area contributed by atoms with Gasteiger partial charge in [0.05, 0.1) is 19.0 Å². The van der Waals surface area contributed by atoms with Crippen LogP contribution in [0.25, 0.3) is 10.9 Å². The standard InChI is InChI=1S/C19H16N4O3/c24-18-11-23(20-9-12-4-3-7-26-12)19(25)17-8-14-13-5-1-2-6-15(13)21-16(14)10-22(17)18/h1-7,9,17,21H,8,10-11H2/t17-/m0/s1. The number of H-pyrrole nitrogens is 1. The van der Waals surface area contributed by atoms with E-state index in [-0.39, 0.29) is 18.4 Å². The molecule has 0 saturated carbocycles. The number of furan rings is 1. The maximum absolute atomic E-state index is 12.9. The van der Waals surface area contributed by atoms with E-state index in [0.29, 0.717) is 18.7 Å². The van der Waals surface area contributed by atoms with Gasteiger partial charge in [0.1, 0.15) is 18.3 Å². The first-order valence-electron chi connectivity index (χ1n) is 8.47. The normalized spacial score (nSPS) is 20.1. The summed E-state index contributed by atoms with van der Waals surface area (Å²) in [5.41, 5.74) is 3.15. The second kappa shape index (κ2) is 5.59. The lowest BCUT2D eigenvalue weighted by molar-refractivity contribution is -0.157. The van der Waals surface area contributed by atoms with Crippen LogP contribution in [0.3, 0.4) is 0 Å². The zero-order chi connectivity index (χ0) is 17.7. The largest absolute Gasteiger partial charge is 0.463 e. The van der Waals surface area contributed by atoms with Crippen molar-refractivity contribution < 1.29 is 14.0 Å². The zero-order valence-corrected chi connectivity index (χ0v) is 13.9. The van der Waals surface area contributed by atoms with Crippen LogP contribution in [-0.4, -0.2) is 45.5 Å². The van der Waals surface area contributed by atoms with E-state index in [1.165, 1.54) is 17.5 Å². The Balaban J connectivity index is 1.48. The number of hydrogen-bond donors (Lipinski definition) is 1. The van der Waals surface area contributed by atoms with E-state index in [0.717, 1.165) is 22.2 Å². The first kappa shape index (κ1) is 14.9. The number of piperazine rings is 1. The lowest BCUT2D eigenvalue weighted by Crippen LogP contribution is -2.60.